The molecule has 0 amide bonds. The van der Waals surface area contributed by atoms with Crippen molar-refractivity contribution in [2.75, 3.05) is 31.1 Å². The third-order valence-corrected chi connectivity index (χ3v) is 5.86. The molecule has 1 aliphatic heterocycles. The van der Waals surface area contributed by atoms with Gasteiger partial charge in [0.1, 0.15) is 4.90 Å². The number of nitrogens with zero attached hydrogens (tertiary/aromatic N) is 1. The third-order valence-electron chi connectivity index (χ3n) is 4.64. The molecule has 10 heteroatoms. The number of piperazine rings is 1. The number of hydrogen-bond acceptors (Lipinski definition) is 6. The van der Waals surface area contributed by atoms with Gasteiger partial charge in [-0.25, -0.2) is 0 Å². The Morgan fingerprint density at radius 1 is 1.07 bits per heavy atom. The highest BCUT2D eigenvalue weighted by atomic mass is 32.2. The average Bonchev–Trinajstić information content (AvgIpc) is 3.16. The van der Waals surface area contributed by atoms with Gasteiger partial charge in [0, 0.05) is 31.6 Å². The van der Waals surface area contributed by atoms with Gasteiger partial charge in [0.25, 0.3) is 0 Å². The van der Waals surface area contributed by atoms with Gasteiger partial charge in [-0.05, 0) is 30.3 Å². The Balaban J connectivity index is 1.76. The molecule has 0 radical (unpaired) electrons. The van der Waals surface area contributed by atoms with Crippen molar-refractivity contribution in [3.05, 3.63) is 54.3 Å². The van der Waals surface area contributed by atoms with Crippen LogP contribution in [0.2, 0.25) is 0 Å². The molecule has 3 aromatic rings. The van der Waals surface area contributed by atoms with Gasteiger partial charge in [-0.3, -0.25) is 0 Å². The van der Waals surface area contributed by atoms with Crippen molar-refractivity contribution in [2.24, 2.45) is 0 Å². The molecule has 1 aromatic heterocycles. The summed E-state index contributed by atoms with van der Waals surface area (Å²) >= 11 is 0. The molecule has 1 fully saturated rings. The van der Waals surface area contributed by atoms with Gasteiger partial charge in [-0.15, -0.1) is 0 Å². The summed E-state index contributed by atoms with van der Waals surface area (Å²) < 4.78 is 75.7. The predicted molar refractivity (Wildman–Crippen MR) is 101 cm³/mol. The third kappa shape index (κ3) is 3.90. The number of benzene rings is 2. The summed E-state index contributed by atoms with van der Waals surface area (Å²) in [5.74, 6) is -0.768. The first-order valence-electron chi connectivity index (χ1n) is 8.83. The zero-order valence-electron chi connectivity index (χ0n) is 15.1. The summed E-state index contributed by atoms with van der Waals surface area (Å²) in [5.41, 5.74) is -0.0860. The zero-order valence-corrected chi connectivity index (χ0v) is 15.9. The summed E-state index contributed by atoms with van der Waals surface area (Å²) in [6, 6.07) is 8.51. The number of rotatable bonds is 4. The Kier molecular flexibility index (Phi) is 4.91. The second-order valence-electron chi connectivity index (χ2n) is 6.55. The fourth-order valence-corrected chi connectivity index (χ4v) is 4.27. The number of fused-ring (bicyclic) bond motifs is 1. The molecule has 6 nitrogen and oxygen atoms in total. The van der Waals surface area contributed by atoms with Crippen LogP contribution >= 0.6 is 0 Å². The molecule has 0 saturated carbocycles. The highest BCUT2D eigenvalue weighted by molar-refractivity contribution is 7.87. The Bertz CT molecular complexity index is 1140. The van der Waals surface area contributed by atoms with Crippen molar-refractivity contribution in [3.63, 3.8) is 0 Å². The molecule has 0 bridgehead atoms. The van der Waals surface area contributed by atoms with Crippen LogP contribution in [0.3, 0.4) is 0 Å². The molecule has 29 heavy (non-hydrogen) atoms. The molecule has 2 aromatic carbocycles. The fraction of sp³-hybridized carbons (Fsp3) is 0.263. The van der Waals surface area contributed by atoms with Crippen LogP contribution in [0.15, 0.2) is 58.0 Å². The van der Waals surface area contributed by atoms with Gasteiger partial charge in [0.2, 0.25) is 0 Å². The van der Waals surface area contributed by atoms with E-state index in [1.165, 1.54) is 30.5 Å². The van der Waals surface area contributed by atoms with Gasteiger partial charge in [0.15, 0.2) is 11.3 Å². The molecule has 1 N–H and O–H groups in total. The number of anilines is 1. The summed E-state index contributed by atoms with van der Waals surface area (Å²) in [6.45, 7) is 2.71. The maximum atomic E-state index is 13.2. The van der Waals surface area contributed by atoms with Gasteiger partial charge in [-0.1, -0.05) is 12.1 Å². The standard InChI is InChI=1S/C19H17F3N2O4S/c20-19(21,22)15-3-1-2-4-17(15)28-29(25,26)14-11-13-5-10-27-18(13)16(12-14)24-8-6-23-7-9-24/h1-5,10-12,23H,6-9H2. The van der Waals surface area contributed by atoms with Crippen molar-refractivity contribution >= 4 is 26.8 Å². The monoisotopic (exact) mass is 426 g/mol. The van der Waals surface area contributed by atoms with E-state index in [1.54, 1.807) is 6.07 Å². The number of alkyl halides is 3. The van der Waals surface area contributed by atoms with Gasteiger partial charge in [0.05, 0.1) is 17.5 Å². The second-order valence-corrected chi connectivity index (χ2v) is 8.10. The van der Waals surface area contributed by atoms with E-state index in [0.29, 0.717) is 42.8 Å². The predicted octanol–water partition coefficient (Wildman–Crippen LogP) is 3.63. The first-order valence-corrected chi connectivity index (χ1v) is 10.2. The number of para-hydroxylation sites is 1. The van der Waals surface area contributed by atoms with Crippen LogP contribution in [0.25, 0.3) is 11.0 Å². The Labute approximate surface area is 165 Å². The lowest BCUT2D eigenvalue weighted by Crippen LogP contribution is -2.43. The van der Waals surface area contributed by atoms with Crippen molar-refractivity contribution in [1.29, 1.82) is 0 Å². The van der Waals surface area contributed by atoms with Crippen molar-refractivity contribution in [3.8, 4) is 5.75 Å². The molecule has 0 atom stereocenters. The Hall–Kier alpha value is -2.72. The summed E-state index contributed by atoms with van der Waals surface area (Å²) in [6.07, 6.45) is -3.31. The van der Waals surface area contributed by atoms with E-state index in [9.17, 15) is 21.6 Å². The Morgan fingerprint density at radius 2 is 1.79 bits per heavy atom. The van der Waals surface area contributed by atoms with E-state index in [1.807, 2.05) is 4.90 Å². The topological polar surface area (TPSA) is 71.8 Å². The summed E-state index contributed by atoms with van der Waals surface area (Å²) in [4.78, 5) is 1.72. The van der Waals surface area contributed by atoms with Crippen LogP contribution in [0, 0.1) is 0 Å². The molecule has 1 aliphatic rings. The van der Waals surface area contributed by atoms with E-state index in [0.717, 1.165) is 12.1 Å². The van der Waals surface area contributed by atoms with Crippen molar-refractivity contribution in [1.82, 2.24) is 5.32 Å². The first kappa shape index (κ1) is 19.6. The normalized spacial score (nSPS) is 15.6. The first-order chi connectivity index (χ1) is 13.8. The van der Waals surface area contributed by atoms with Crippen LogP contribution in [0.4, 0.5) is 18.9 Å². The van der Waals surface area contributed by atoms with E-state index < -0.39 is 27.6 Å². The van der Waals surface area contributed by atoms with Gasteiger partial charge < -0.3 is 18.8 Å². The molecular formula is C19H17F3N2O4S. The second kappa shape index (κ2) is 7.27. The fourth-order valence-electron chi connectivity index (χ4n) is 3.26. The maximum absolute atomic E-state index is 13.2. The highest BCUT2D eigenvalue weighted by Gasteiger charge is 2.35. The van der Waals surface area contributed by atoms with Crippen LogP contribution in [0.1, 0.15) is 5.56 Å². The minimum Gasteiger partial charge on any atom is -0.462 e. The largest absolute Gasteiger partial charge is 0.462 e. The van der Waals surface area contributed by atoms with Gasteiger partial charge >= 0.3 is 16.3 Å². The number of nitrogens with one attached hydrogen (secondary N) is 1. The molecule has 1 saturated heterocycles. The van der Waals surface area contributed by atoms with Crippen molar-refractivity contribution < 1.29 is 30.2 Å². The molecular weight excluding hydrogens is 409 g/mol. The average molecular weight is 426 g/mol. The minimum atomic E-state index is -4.74. The Morgan fingerprint density at radius 3 is 2.52 bits per heavy atom. The lowest BCUT2D eigenvalue weighted by Gasteiger charge is -2.29. The molecule has 0 spiro atoms. The lowest BCUT2D eigenvalue weighted by atomic mass is 10.2. The quantitative estimate of drug-likeness (QED) is 0.643. The van der Waals surface area contributed by atoms with E-state index in [-0.39, 0.29) is 4.90 Å². The molecule has 4 rings (SSSR count). The smallest absolute Gasteiger partial charge is 0.420 e. The molecule has 154 valence electrons. The van der Waals surface area contributed by atoms with Gasteiger partial charge in [-0.2, -0.15) is 21.6 Å². The number of halogens is 3. The molecule has 0 aliphatic carbocycles. The molecule has 2 heterocycles. The van der Waals surface area contributed by atoms with Crippen LogP contribution in [0.5, 0.6) is 5.75 Å². The van der Waals surface area contributed by atoms with Crippen LogP contribution in [-0.4, -0.2) is 34.6 Å². The highest BCUT2D eigenvalue weighted by Crippen LogP contribution is 2.38. The van der Waals surface area contributed by atoms with E-state index in [2.05, 4.69) is 5.32 Å². The van der Waals surface area contributed by atoms with Crippen LogP contribution in [-0.2, 0) is 16.3 Å². The van der Waals surface area contributed by atoms with Crippen LogP contribution < -0.4 is 14.4 Å². The summed E-state index contributed by atoms with van der Waals surface area (Å²) in [5, 5.41) is 3.72. The van der Waals surface area contributed by atoms with Crippen molar-refractivity contribution in [2.45, 2.75) is 11.1 Å². The SMILES string of the molecule is O=S(=O)(Oc1ccccc1C(F)(F)F)c1cc(N2CCNCC2)c2occc2c1. The summed E-state index contributed by atoms with van der Waals surface area (Å²) in [7, 11) is -4.51. The number of hydrogen-bond donors (Lipinski definition) is 1. The van der Waals surface area contributed by atoms with E-state index in [4.69, 9.17) is 8.60 Å². The lowest BCUT2D eigenvalue weighted by molar-refractivity contribution is -0.138. The minimum absolute atomic E-state index is 0.239. The maximum Gasteiger partial charge on any atom is 0.420 e. The molecule has 0 unspecified atom stereocenters. The number of furan rings is 1. The van der Waals surface area contributed by atoms with E-state index >= 15 is 0 Å². The zero-order chi connectivity index (χ0) is 20.6.